The van der Waals surface area contributed by atoms with Gasteiger partial charge in [-0.3, -0.25) is 4.79 Å². The molecule has 6 nitrogen and oxygen atoms in total. The lowest BCUT2D eigenvalue weighted by Gasteiger charge is -2.19. The Balaban J connectivity index is 3.38. The van der Waals surface area contributed by atoms with Crippen molar-refractivity contribution in [2.24, 2.45) is 5.11 Å². The highest BCUT2D eigenvalue weighted by Gasteiger charge is 2.15. The van der Waals surface area contributed by atoms with Gasteiger partial charge in [0.05, 0.1) is 6.42 Å². The van der Waals surface area contributed by atoms with Gasteiger partial charge in [0.25, 0.3) is 0 Å². The Morgan fingerprint density at radius 1 is 1.44 bits per heavy atom. The summed E-state index contributed by atoms with van der Waals surface area (Å²) in [7, 11) is 0. The molecule has 0 aromatic rings. The molecule has 0 aromatic carbocycles. The quantitative estimate of drug-likeness (QED) is 0.238. The van der Waals surface area contributed by atoms with Crippen LogP contribution in [0.15, 0.2) is 5.11 Å². The standard InChI is InChI=1S/C10H20N4O2/c1-10(2,3)16-9(15)5-8-12-6-4-7-13-14-11/h12H,4-8H2,1-3H3. The van der Waals surface area contributed by atoms with Crippen LogP contribution >= 0.6 is 0 Å². The monoisotopic (exact) mass is 228 g/mol. The number of carbonyl (C=O) groups is 1. The summed E-state index contributed by atoms with van der Waals surface area (Å²) in [6.45, 7) is 7.34. The molecule has 0 amide bonds. The molecule has 0 saturated heterocycles. The van der Waals surface area contributed by atoms with E-state index in [1.165, 1.54) is 0 Å². The molecule has 6 heteroatoms. The number of rotatable bonds is 7. The Morgan fingerprint density at radius 2 is 2.12 bits per heavy atom. The van der Waals surface area contributed by atoms with Crippen molar-refractivity contribution in [1.82, 2.24) is 5.32 Å². The molecule has 1 N–H and O–H groups in total. The predicted molar refractivity (Wildman–Crippen MR) is 62.0 cm³/mol. The van der Waals surface area contributed by atoms with E-state index in [1.807, 2.05) is 20.8 Å². The van der Waals surface area contributed by atoms with Gasteiger partial charge in [0, 0.05) is 18.0 Å². The Labute approximate surface area is 96.0 Å². The zero-order chi connectivity index (χ0) is 12.4. The number of hydrogen-bond acceptors (Lipinski definition) is 4. The van der Waals surface area contributed by atoms with Gasteiger partial charge in [-0.2, -0.15) is 0 Å². The van der Waals surface area contributed by atoms with Crippen LogP contribution in [0.25, 0.3) is 10.4 Å². The van der Waals surface area contributed by atoms with Crippen LogP contribution in [0.5, 0.6) is 0 Å². The van der Waals surface area contributed by atoms with Gasteiger partial charge in [-0.05, 0) is 39.3 Å². The first-order valence-corrected chi connectivity index (χ1v) is 5.39. The summed E-state index contributed by atoms with van der Waals surface area (Å²) in [5, 5.41) is 6.48. The molecule has 16 heavy (non-hydrogen) atoms. The van der Waals surface area contributed by atoms with Crippen LogP contribution in [0.4, 0.5) is 0 Å². The fourth-order valence-corrected chi connectivity index (χ4v) is 1.03. The number of ether oxygens (including phenoxy) is 1. The van der Waals surface area contributed by atoms with E-state index < -0.39 is 5.60 Å². The Kier molecular flexibility index (Phi) is 7.33. The van der Waals surface area contributed by atoms with E-state index in [0.717, 1.165) is 13.0 Å². The van der Waals surface area contributed by atoms with Gasteiger partial charge in [0.15, 0.2) is 0 Å². The number of carbonyl (C=O) groups excluding carboxylic acids is 1. The molecule has 0 aromatic heterocycles. The third-order valence-electron chi connectivity index (χ3n) is 1.60. The summed E-state index contributed by atoms with van der Waals surface area (Å²) >= 11 is 0. The highest BCUT2D eigenvalue weighted by Crippen LogP contribution is 2.07. The van der Waals surface area contributed by atoms with E-state index in [2.05, 4.69) is 15.3 Å². The molecule has 0 aliphatic rings. The lowest BCUT2D eigenvalue weighted by molar-refractivity contribution is -0.154. The van der Waals surface area contributed by atoms with Gasteiger partial charge in [-0.25, -0.2) is 0 Å². The van der Waals surface area contributed by atoms with Crippen LogP contribution < -0.4 is 5.32 Å². The molecular weight excluding hydrogens is 208 g/mol. The fourth-order valence-electron chi connectivity index (χ4n) is 1.03. The van der Waals surface area contributed by atoms with Gasteiger partial charge < -0.3 is 10.1 Å². The third kappa shape index (κ3) is 10.8. The summed E-state index contributed by atoms with van der Waals surface area (Å²) in [6.07, 6.45) is 1.14. The lowest BCUT2D eigenvalue weighted by atomic mass is 10.2. The molecule has 0 spiro atoms. The van der Waals surface area contributed by atoms with Crippen molar-refractivity contribution in [3.8, 4) is 0 Å². The predicted octanol–water partition coefficient (Wildman–Crippen LogP) is 2.01. The summed E-state index contributed by atoms with van der Waals surface area (Å²) in [5.41, 5.74) is 7.61. The van der Waals surface area contributed by atoms with Crippen molar-refractivity contribution in [2.45, 2.75) is 39.2 Å². The molecule has 0 rings (SSSR count). The van der Waals surface area contributed by atoms with Crippen molar-refractivity contribution in [3.63, 3.8) is 0 Å². The zero-order valence-electron chi connectivity index (χ0n) is 10.2. The number of hydrogen-bond donors (Lipinski definition) is 1. The van der Waals surface area contributed by atoms with Gasteiger partial charge in [-0.1, -0.05) is 5.11 Å². The molecule has 0 bridgehead atoms. The van der Waals surface area contributed by atoms with Gasteiger partial charge in [0.2, 0.25) is 0 Å². The van der Waals surface area contributed by atoms with Crippen LogP contribution in [0.2, 0.25) is 0 Å². The highest BCUT2D eigenvalue weighted by molar-refractivity contribution is 5.70. The number of nitrogens with zero attached hydrogens (tertiary/aromatic N) is 3. The molecular formula is C10H20N4O2. The Bertz CT molecular complexity index is 254. The summed E-state index contributed by atoms with van der Waals surface area (Å²) in [6, 6.07) is 0. The van der Waals surface area contributed by atoms with Crippen LogP contribution in [-0.4, -0.2) is 31.2 Å². The normalized spacial score (nSPS) is 10.7. The maximum Gasteiger partial charge on any atom is 0.307 e. The van der Waals surface area contributed by atoms with Crippen molar-refractivity contribution in [1.29, 1.82) is 0 Å². The molecule has 0 unspecified atom stereocenters. The molecule has 0 fully saturated rings. The summed E-state index contributed by atoms with van der Waals surface area (Å²) in [4.78, 5) is 13.9. The molecule has 0 aliphatic carbocycles. The van der Waals surface area contributed by atoms with Crippen molar-refractivity contribution in [3.05, 3.63) is 10.4 Å². The molecule has 0 saturated carbocycles. The van der Waals surface area contributed by atoms with E-state index in [1.54, 1.807) is 0 Å². The second-order valence-corrected chi connectivity index (χ2v) is 4.39. The van der Waals surface area contributed by atoms with Crippen LogP contribution in [0.3, 0.4) is 0 Å². The van der Waals surface area contributed by atoms with Crippen LogP contribution in [0.1, 0.15) is 33.6 Å². The smallest absolute Gasteiger partial charge is 0.307 e. The second-order valence-electron chi connectivity index (χ2n) is 4.39. The van der Waals surface area contributed by atoms with Crippen molar-refractivity contribution in [2.75, 3.05) is 19.6 Å². The molecule has 0 heterocycles. The maximum atomic E-state index is 11.3. The summed E-state index contributed by atoms with van der Waals surface area (Å²) in [5.74, 6) is -0.199. The first-order valence-electron chi connectivity index (χ1n) is 5.39. The first kappa shape index (κ1) is 14.7. The van der Waals surface area contributed by atoms with E-state index in [0.29, 0.717) is 19.5 Å². The topological polar surface area (TPSA) is 87.1 Å². The average Bonchev–Trinajstić information content (AvgIpc) is 2.13. The van der Waals surface area contributed by atoms with Crippen molar-refractivity contribution < 1.29 is 9.53 Å². The lowest BCUT2D eigenvalue weighted by Crippen LogP contribution is -2.27. The fraction of sp³-hybridized carbons (Fsp3) is 0.900. The molecule has 0 radical (unpaired) electrons. The van der Waals surface area contributed by atoms with E-state index in [4.69, 9.17) is 10.3 Å². The first-order chi connectivity index (χ1) is 7.45. The number of esters is 1. The zero-order valence-corrected chi connectivity index (χ0v) is 10.2. The number of azide groups is 1. The van der Waals surface area contributed by atoms with Crippen molar-refractivity contribution >= 4 is 5.97 Å². The second kappa shape index (κ2) is 7.96. The van der Waals surface area contributed by atoms with Gasteiger partial charge >= 0.3 is 5.97 Å². The maximum absolute atomic E-state index is 11.3. The summed E-state index contributed by atoms with van der Waals surface area (Å²) < 4.78 is 5.14. The largest absolute Gasteiger partial charge is 0.460 e. The minimum atomic E-state index is -0.418. The molecule has 0 aliphatic heterocycles. The highest BCUT2D eigenvalue weighted by atomic mass is 16.6. The average molecular weight is 228 g/mol. The third-order valence-corrected chi connectivity index (χ3v) is 1.60. The molecule has 92 valence electrons. The minimum Gasteiger partial charge on any atom is -0.460 e. The van der Waals surface area contributed by atoms with Gasteiger partial charge in [0.1, 0.15) is 5.60 Å². The van der Waals surface area contributed by atoms with Gasteiger partial charge in [-0.15, -0.1) is 0 Å². The van der Waals surface area contributed by atoms with E-state index in [9.17, 15) is 4.79 Å². The Hall–Kier alpha value is -1.26. The minimum absolute atomic E-state index is 0.199. The van der Waals surface area contributed by atoms with E-state index in [-0.39, 0.29) is 5.97 Å². The SMILES string of the molecule is CC(C)(C)OC(=O)CCNCCCN=[N+]=[N-]. The van der Waals surface area contributed by atoms with E-state index >= 15 is 0 Å². The van der Waals surface area contributed by atoms with Crippen LogP contribution in [-0.2, 0) is 9.53 Å². The van der Waals surface area contributed by atoms with Crippen LogP contribution in [0, 0.1) is 0 Å². The number of nitrogens with one attached hydrogen (secondary N) is 1. The molecule has 0 atom stereocenters. The Morgan fingerprint density at radius 3 is 2.69 bits per heavy atom.